The summed E-state index contributed by atoms with van der Waals surface area (Å²) in [6, 6.07) is 4.81. The van der Waals surface area contributed by atoms with Crippen LogP contribution >= 0.6 is 27.5 Å². The van der Waals surface area contributed by atoms with Gasteiger partial charge in [0.2, 0.25) is 10.0 Å². The number of rotatable bonds is 5. The molecule has 0 saturated carbocycles. The second-order valence-corrected chi connectivity index (χ2v) is 8.08. The zero-order valence-corrected chi connectivity index (χ0v) is 14.5. The van der Waals surface area contributed by atoms with E-state index >= 15 is 0 Å². The average Bonchev–Trinajstić information content (AvgIpc) is 2.26. The summed E-state index contributed by atoms with van der Waals surface area (Å²) in [7, 11) is -3.33. The summed E-state index contributed by atoms with van der Waals surface area (Å²) in [6.07, 6.45) is 1.08. The van der Waals surface area contributed by atoms with Crippen molar-refractivity contribution in [2.24, 2.45) is 0 Å². The summed E-state index contributed by atoms with van der Waals surface area (Å²) >= 11 is 9.09. The lowest BCUT2D eigenvalue weighted by atomic mass is 10.1. The molecule has 0 radical (unpaired) electrons. The van der Waals surface area contributed by atoms with Crippen LogP contribution < -0.4 is 10.0 Å². The van der Waals surface area contributed by atoms with Crippen LogP contribution in [0.2, 0.25) is 5.02 Å². The van der Waals surface area contributed by atoms with Crippen molar-refractivity contribution in [1.29, 1.82) is 0 Å². The molecule has 0 saturated heterocycles. The third-order valence-electron chi connectivity index (χ3n) is 2.33. The number of carbonyl (C=O) groups excluding carboxylic acids is 1. The zero-order valence-electron chi connectivity index (χ0n) is 11.3. The highest BCUT2D eigenvalue weighted by atomic mass is 79.9. The first kappa shape index (κ1) is 17.4. The fourth-order valence-electron chi connectivity index (χ4n) is 1.58. The minimum Gasteiger partial charge on any atom is -0.350 e. The molecule has 0 spiro atoms. The van der Waals surface area contributed by atoms with E-state index in [4.69, 9.17) is 11.6 Å². The van der Waals surface area contributed by atoms with Crippen LogP contribution in [0.3, 0.4) is 0 Å². The molecular weight excluding hydrogens is 368 g/mol. The molecular formula is C12H16BrClN2O3S. The van der Waals surface area contributed by atoms with Crippen LogP contribution in [-0.4, -0.2) is 32.7 Å². The molecule has 112 valence electrons. The topological polar surface area (TPSA) is 75.3 Å². The van der Waals surface area contributed by atoms with Crippen molar-refractivity contribution in [3.63, 3.8) is 0 Å². The van der Waals surface area contributed by atoms with Gasteiger partial charge in [-0.2, -0.15) is 0 Å². The highest BCUT2D eigenvalue weighted by molar-refractivity contribution is 9.10. The fourth-order valence-corrected chi connectivity index (χ4v) is 3.15. The first-order valence-electron chi connectivity index (χ1n) is 5.72. The highest BCUT2D eigenvalue weighted by Crippen LogP contribution is 2.23. The largest absolute Gasteiger partial charge is 0.350 e. The quantitative estimate of drug-likeness (QED) is 0.818. The molecule has 2 N–H and O–H groups in total. The van der Waals surface area contributed by atoms with Gasteiger partial charge < -0.3 is 5.32 Å². The second kappa shape index (κ2) is 6.43. The van der Waals surface area contributed by atoms with Crippen molar-refractivity contribution < 1.29 is 13.2 Å². The van der Waals surface area contributed by atoms with Gasteiger partial charge in [-0.25, -0.2) is 13.1 Å². The van der Waals surface area contributed by atoms with Gasteiger partial charge in [0, 0.05) is 22.1 Å². The van der Waals surface area contributed by atoms with Crippen LogP contribution in [-0.2, 0) is 10.0 Å². The molecule has 20 heavy (non-hydrogen) atoms. The van der Waals surface area contributed by atoms with Crippen molar-refractivity contribution in [2.75, 3.05) is 12.8 Å². The van der Waals surface area contributed by atoms with Gasteiger partial charge in [-0.05, 0) is 48.0 Å². The van der Waals surface area contributed by atoms with Crippen molar-refractivity contribution in [3.05, 3.63) is 33.3 Å². The lowest BCUT2D eigenvalue weighted by Gasteiger charge is -2.25. The summed E-state index contributed by atoms with van der Waals surface area (Å²) in [5, 5.41) is 3.19. The lowest BCUT2D eigenvalue weighted by molar-refractivity contribution is 0.0944. The Morgan fingerprint density at radius 2 is 2.00 bits per heavy atom. The second-order valence-electron chi connectivity index (χ2n) is 5.07. The molecule has 0 aliphatic rings. The predicted octanol–water partition coefficient (Wildman–Crippen LogP) is 2.16. The number of sulfonamides is 1. The van der Waals surface area contributed by atoms with E-state index in [9.17, 15) is 13.2 Å². The summed E-state index contributed by atoms with van der Waals surface area (Å²) < 4.78 is 25.5. The minimum absolute atomic E-state index is 0.166. The van der Waals surface area contributed by atoms with Crippen LogP contribution in [0.5, 0.6) is 0 Å². The van der Waals surface area contributed by atoms with Crippen LogP contribution in [0, 0.1) is 0 Å². The van der Waals surface area contributed by atoms with Gasteiger partial charge in [0.25, 0.3) is 5.91 Å². The molecule has 0 bridgehead atoms. The molecule has 5 nitrogen and oxygen atoms in total. The van der Waals surface area contributed by atoms with Gasteiger partial charge in [0.05, 0.1) is 11.3 Å². The average molecular weight is 384 g/mol. The van der Waals surface area contributed by atoms with Crippen molar-refractivity contribution in [1.82, 2.24) is 10.0 Å². The number of nitrogens with one attached hydrogen (secondary N) is 2. The van der Waals surface area contributed by atoms with Gasteiger partial charge in [-0.3, -0.25) is 4.79 Å². The van der Waals surface area contributed by atoms with Gasteiger partial charge in [0.15, 0.2) is 0 Å². The van der Waals surface area contributed by atoms with Gasteiger partial charge in [0.1, 0.15) is 0 Å². The predicted molar refractivity (Wildman–Crippen MR) is 83.5 cm³/mol. The molecule has 0 unspecified atom stereocenters. The van der Waals surface area contributed by atoms with Crippen LogP contribution in [0.1, 0.15) is 24.2 Å². The number of hydrogen-bond acceptors (Lipinski definition) is 3. The Morgan fingerprint density at radius 3 is 2.50 bits per heavy atom. The van der Waals surface area contributed by atoms with Crippen molar-refractivity contribution in [3.8, 4) is 0 Å². The molecule has 1 aromatic rings. The Kier molecular flexibility index (Phi) is 5.60. The third kappa shape index (κ3) is 5.78. The Bertz CT molecular complexity index is 617. The van der Waals surface area contributed by atoms with Crippen LogP contribution in [0.15, 0.2) is 22.7 Å². The van der Waals surface area contributed by atoms with E-state index in [1.807, 2.05) is 0 Å². The monoisotopic (exact) mass is 382 g/mol. The summed E-state index contributed by atoms with van der Waals surface area (Å²) in [5.41, 5.74) is -0.330. The van der Waals surface area contributed by atoms with E-state index < -0.39 is 15.6 Å². The maximum absolute atomic E-state index is 12.0. The summed E-state index contributed by atoms with van der Waals surface area (Å²) in [5.74, 6) is -0.300. The van der Waals surface area contributed by atoms with E-state index in [0.29, 0.717) is 15.1 Å². The van der Waals surface area contributed by atoms with E-state index in [-0.39, 0.29) is 12.5 Å². The first-order valence-corrected chi connectivity index (χ1v) is 8.79. The molecule has 0 atom stereocenters. The fraction of sp³-hybridized carbons (Fsp3) is 0.417. The van der Waals surface area contributed by atoms with E-state index in [1.165, 1.54) is 0 Å². The van der Waals surface area contributed by atoms with E-state index in [1.54, 1.807) is 32.0 Å². The Balaban J connectivity index is 2.69. The summed E-state index contributed by atoms with van der Waals surface area (Å²) in [4.78, 5) is 12.0. The molecule has 0 aromatic heterocycles. The van der Waals surface area contributed by atoms with Gasteiger partial charge in [-0.1, -0.05) is 11.6 Å². The Labute approximate surface area is 132 Å². The van der Waals surface area contributed by atoms with Crippen molar-refractivity contribution >= 4 is 43.5 Å². The lowest BCUT2D eigenvalue weighted by Crippen LogP contribution is -2.51. The minimum atomic E-state index is -3.33. The first-order chi connectivity index (χ1) is 9.00. The number of benzene rings is 1. The van der Waals surface area contributed by atoms with Gasteiger partial charge in [-0.15, -0.1) is 0 Å². The van der Waals surface area contributed by atoms with Gasteiger partial charge >= 0.3 is 0 Å². The number of amides is 1. The van der Waals surface area contributed by atoms with Crippen LogP contribution in [0.25, 0.3) is 0 Å². The standard InChI is InChI=1S/C12H16BrClN2O3S/c1-12(2,16-20(3,18)19)7-15-11(17)8-4-5-10(14)9(13)6-8/h4-6,16H,7H2,1-3H3,(H,15,17). The Morgan fingerprint density at radius 1 is 1.40 bits per heavy atom. The molecule has 1 rings (SSSR count). The molecule has 0 aliphatic carbocycles. The van der Waals surface area contributed by atoms with E-state index in [0.717, 1.165) is 6.26 Å². The molecule has 0 fully saturated rings. The highest BCUT2D eigenvalue weighted by Gasteiger charge is 2.23. The summed E-state index contributed by atoms with van der Waals surface area (Å²) in [6.45, 7) is 3.54. The molecule has 1 aromatic carbocycles. The van der Waals surface area contributed by atoms with Crippen LogP contribution in [0.4, 0.5) is 0 Å². The molecule has 0 heterocycles. The SMILES string of the molecule is CC(C)(CNC(=O)c1ccc(Cl)c(Br)c1)NS(C)(=O)=O. The van der Waals surface area contributed by atoms with Crippen molar-refractivity contribution in [2.45, 2.75) is 19.4 Å². The smallest absolute Gasteiger partial charge is 0.251 e. The Hall–Kier alpha value is -0.630. The number of carbonyl (C=O) groups is 1. The number of halogens is 2. The molecule has 1 amide bonds. The van der Waals surface area contributed by atoms with E-state index in [2.05, 4.69) is 26.0 Å². The normalized spacial score (nSPS) is 12.2. The maximum atomic E-state index is 12.0. The maximum Gasteiger partial charge on any atom is 0.251 e. The zero-order chi connectivity index (χ0) is 15.6. The third-order valence-corrected chi connectivity index (χ3v) is 4.47. The molecule has 0 aliphatic heterocycles. The number of hydrogen-bond donors (Lipinski definition) is 2. The molecule has 8 heteroatoms.